The Kier molecular flexibility index (Phi) is 5.30. The third-order valence-corrected chi connectivity index (χ3v) is 4.71. The highest BCUT2D eigenvalue weighted by Gasteiger charge is 2.29. The largest absolute Gasteiger partial charge is 0.493 e. The lowest BCUT2D eigenvalue weighted by atomic mass is 9.98. The molecule has 6 heteroatoms. The average Bonchev–Trinajstić information content (AvgIpc) is 3.16. The van der Waals surface area contributed by atoms with E-state index in [1.807, 2.05) is 6.07 Å². The van der Waals surface area contributed by atoms with Crippen molar-refractivity contribution in [2.24, 2.45) is 0 Å². The number of carbonyl (C=O) groups is 1. The van der Waals surface area contributed by atoms with Crippen molar-refractivity contribution in [3.8, 4) is 17.2 Å². The van der Waals surface area contributed by atoms with Crippen LogP contribution in [0, 0.1) is 5.82 Å². The van der Waals surface area contributed by atoms with Crippen molar-refractivity contribution in [3.63, 3.8) is 0 Å². The molecule has 1 unspecified atom stereocenters. The van der Waals surface area contributed by atoms with Crippen LogP contribution in [-0.4, -0.2) is 45.2 Å². The monoisotopic (exact) mass is 359 g/mol. The Morgan fingerprint density at radius 1 is 1.08 bits per heavy atom. The van der Waals surface area contributed by atoms with E-state index in [2.05, 4.69) is 0 Å². The maximum Gasteiger partial charge on any atom is 0.254 e. The molecular weight excluding hydrogens is 337 g/mol. The number of nitrogens with zero attached hydrogens (tertiary/aromatic N) is 1. The highest BCUT2D eigenvalue weighted by Crippen LogP contribution is 2.39. The lowest BCUT2D eigenvalue weighted by molar-refractivity contribution is 0.0790. The van der Waals surface area contributed by atoms with Gasteiger partial charge in [0.2, 0.25) is 5.75 Å². The first-order valence-corrected chi connectivity index (χ1v) is 8.42. The van der Waals surface area contributed by atoms with Crippen molar-refractivity contribution in [1.29, 1.82) is 0 Å². The van der Waals surface area contributed by atoms with Crippen molar-refractivity contribution in [3.05, 3.63) is 53.3 Å². The number of benzene rings is 2. The molecule has 1 atom stereocenters. The quantitative estimate of drug-likeness (QED) is 0.820. The van der Waals surface area contributed by atoms with Crippen LogP contribution in [0.3, 0.4) is 0 Å². The number of carbonyl (C=O) groups excluding carboxylic acids is 1. The predicted molar refractivity (Wildman–Crippen MR) is 95.8 cm³/mol. The molecule has 0 bridgehead atoms. The van der Waals surface area contributed by atoms with Crippen LogP contribution in [-0.2, 0) is 0 Å². The molecule has 1 aliphatic heterocycles. The van der Waals surface area contributed by atoms with Gasteiger partial charge in [0.15, 0.2) is 11.5 Å². The van der Waals surface area contributed by atoms with Gasteiger partial charge >= 0.3 is 0 Å². The molecular formula is C20H22FNO4. The van der Waals surface area contributed by atoms with Gasteiger partial charge in [-0.3, -0.25) is 4.79 Å². The number of ether oxygens (including phenoxy) is 3. The van der Waals surface area contributed by atoms with E-state index in [4.69, 9.17) is 14.2 Å². The first-order chi connectivity index (χ1) is 12.6. The molecule has 138 valence electrons. The fraction of sp³-hybridized carbons (Fsp3) is 0.350. The summed E-state index contributed by atoms with van der Waals surface area (Å²) in [7, 11) is 4.55. The number of rotatable bonds is 5. The maximum absolute atomic E-state index is 13.5. The summed E-state index contributed by atoms with van der Waals surface area (Å²) in [5.74, 6) is 1.11. The molecule has 26 heavy (non-hydrogen) atoms. The summed E-state index contributed by atoms with van der Waals surface area (Å²) in [6.45, 7) is 1.18. The lowest BCUT2D eigenvalue weighted by Gasteiger charge is -2.19. The van der Waals surface area contributed by atoms with Gasteiger partial charge in [0.25, 0.3) is 5.91 Å². The standard InChI is InChI=1S/C20H22FNO4/c1-24-17-10-15(11-18(25-2)19(17)26-3)20(23)22-8-7-14(12-22)13-5-4-6-16(21)9-13/h4-6,9-11,14H,7-8,12H2,1-3H3. The molecule has 1 amide bonds. The number of amides is 1. The third-order valence-electron chi connectivity index (χ3n) is 4.71. The van der Waals surface area contributed by atoms with Crippen LogP contribution in [0.1, 0.15) is 28.3 Å². The minimum Gasteiger partial charge on any atom is -0.493 e. The molecule has 1 aliphatic rings. The minimum absolute atomic E-state index is 0.108. The van der Waals surface area contributed by atoms with Crippen LogP contribution in [0.25, 0.3) is 0 Å². The number of hydrogen-bond acceptors (Lipinski definition) is 4. The maximum atomic E-state index is 13.5. The zero-order valence-corrected chi connectivity index (χ0v) is 15.1. The predicted octanol–water partition coefficient (Wildman–Crippen LogP) is 3.48. The van der Waals surface area contributed by atoms with Gasteiger partial charge < -0.3 is 19.1 Å². The van der Waals surface area contributed by atoms with Crippen molar-refractivity contribution in [2.45, 2.75) is 12.3 Å². The van der Waals surface area contributed by atoms with Crippen LogP contribution >= 0.6 is 0 Å². The molecule has 3 rings (SSSR count). The van der Waals surface area contributed by atoms with Crippen LogP contribution in [0.15, 0.2) is 36.4 Å². The van der Waals surface area contributed by atoms with E-state index in [1.54, 1.807) is 23.1 Å². The molecule has 0 saturated carbocycles. The zero-order chi connectivity index (χ0) is 18.7. The van der Waals surface area contributed by atoms with Crippen molar-refractivity contribution in [2.75, 3.05) is 34.4 Å². The summed E-state index contributed by atoms with van der Waals surface area (Å²) in [4.78, 5) is 14.7. The van der Waals surface area contributed by atoms with Gasteiger partial charge in [-0.05, 0) is 36.2 Å². The molecule has 2 aromatic rings. The van der Waals surface area contributed by atoms with Gasteiger partial charge in [-0.2, -0.15) is 0 Å². The molecule has 0 N–H and O–H groups in total. The van der Waals surface area contributed by atoms with Crippen LogP contribution in [0.5, 0.6) is 17.2 Å². The van der Waals surface area contributed by atoms with Crippen molar-refractivity contribution >= 4 is 5.91 Å². The van der Waals surface area contributed by atoms with Gasteiger partial charge in [0, 0.05) is 24.6 Å². The number of likely N-dealkylation sites (tertiary alicyclic amines) is 1. The van der Waals surface area contributed by atoms with Crippen LogP contribution in [0.2, 0.25) is 0 Å². The van der Waals surface area contributed by atoms with E-state index >= 15 is 0 Å². The molecule has 0 aliphatic carbocycles. The average molecular weight is 359 g/mol. The lowest BCUT2D eigenvalue weighted by Crippen LogP contribution is -2.28. The number of methoxy groups -OCH3 is 3. The number of hydrogen-bond donors (Lipinski definition) is 0. The summed E-state index contributed by atoms with van der Waals surface area (Å²) in [6.07, 6.45) is 0.805. The summed E-state index contributed by atoms with van der Waals surface area (Å²) in [5, 5.41) is 0. The zero-order valence-electron chi connectivity index (χ0n) is 15.1. The Bertz CT molecular complexity index is 783. The van der Waals surface area contributed by atoms with Gasteiger partial charge in [0.1, 0.15) is 5.82 Å². The van der Waals surface area contributed by atoms with Gasteiger partial charge in [-0.1, -0.05) is 12.1 Å². The first-order valence-electron chi connectivity index (χ1n) is 8.42. The Hall–Kier alpha value is -2.76. The second kappa shape index (κ2) is 7.64. The van der Waals surface area contributed by atoms with E-state index in [0.717, 1.165) is 12.0 Å². The molecule has 1 saturated heterocycles. The van der Waals surface area contributed by atoms with Crippen molar-refractivity contribution < 1.29 is 23.4 Å². The first kappa shape index (κ1) is 18.0. The topological polar surface area (TPSA) is 48.0 Å². The normalized spacial score (nSPS) is 16.5. The summed E-state index contributed by atoms with van der Waals surface area (Å²) in [5.41, 5.74) is 1.39. The SMILES string of the molecule is COc1cc(C(=O)N2CCC(c3cccc(F)c3)C2)cc(OC)c1OC. The van der Waals surface area contributed by atoms with Gasteiger partial charge in [-0.15, -0.1) is 0 Å². The Balaban J connectivity index is 1.82. The summed E-state index contributed by atoms with van der Waals surface area (Å²) in [6, 6.07) is 9.88. The second-order valence-corrected chi connectivity index (χ2v) is 6.21. The fourth-order valence-corrected chi connectivity index (χ4v) is 3.36. The van der Waals surface area contributed by atoms with Gasteiger partial charge in [-0.25, -0.2) is 4.39 Å². The van der Waals surface area contributed by atoms with E-state index < -0.39 is 0 Å². The van der Waals surface area contributed by atoms with Gasteiger partial charge in [0.05, 0.1) is 21.3 Å². The summed E-state index contributed by atoms with van der Waals surface area (Å²) < 4.78 is 29.4. The Morgan fingerprint density at radius 2 is 1.77 bits per heavy atom. The number of halogens is 1. The smallest absolute Gasteiger partial charge is 0.254 e. The van der Waals surface area contributed by atoms with E-state index in [-0.39, 0.29) is 17.6 Å². The van der Waals surface area contributed by atoms with Crippen LogP contribution < -0.4 is 14.2 Å². The molecule has 1 heterocycles. The molecule has 0 radical (unpaired) electrons. The molecule has 0 aromatic heterocycles. The molecule has 2 aromatic carbocycles. The second-order valence-electron chi connectivity index (χ2n) is 6.21. The Morgan fingerprint density at radius 3 is 2.35 bits per heavy atom. The molecule has 5 nitrogen and oxygen atoms in total. The summed E-state index contributed by atoms with van der Waals surface area (Å²) >= 11 is 0. The van der Waals surface area contributed by atoms with Crippen molar-refractivity contribution in [1.82, 2.24) is 4.90 Å². The molecule has 1 fully saturated rings. The van der Waals surface area contributed by atoms with E-state index in [9.17, 15) is 9.18 Å². The molecule has 0 spiro atoms. The highest BCUT2D eigenvalue weighted by atomic mass is 19.1. The highest BCUT2D eigenvalue weighted by molar-refractivity contribution is 5.96. The van der Waals surface area contributed by atoms with E-state index in [0.29, 0.717) is 35.9 Å². The Labute approximate surface area is 152 Å². The minimum atomic E-state index is -0.253. The van der Waals surface area contributed by atoms with E-state index in [1.165, 1.54) is 33.5 Å². The van der Waals surface area contributed by atoms with Crippen LogP contribution in [0.4, 0.5) is 4.39 Å². The third kappa shape index (κ3) is 3.45. The fourth-order valence-electron chi connectivity index (χ4n) is 3.36.